The van der Waals surface area contributed by atoms with Gasteiger partial charge in [0.15, 0.2) is 9.84 Å². The van der Waals surface area contributed by atoms with Gasteiger partial charge in [0.05, 0.1) is 17.1 Å². The summed E-state index contributed by atoms with van der Waals surface area (Å²) in [5, 5.41) is 0. The molecular weight excluding hydrogens is 270 g/mol. The van der Waals surface area contributed by atoms with Gasteiger partial charge in [0.2, 0.25) is 0 Å². The van der Waals surface area contributed by atoms with Gasteiger partial charge >= 0.3 is 0 Å². The fourth-order valence-electron chi connectivity index (χ4n) is 2.11. The molecule has 0 bridgehead atoms. The van der Waals surface area contributed by atoms with E-state index >= 15 is 0 Å². The van der Waals surface area contributed by atoms with Gasteiger partial charge in [-0.05, 0) is 19.1 Å². The molecule has 1 aliphatic rings. The molecular formula is C12H15NO3S2. The van der Waals surface area contributed by atoms with E-state index in [0.717, 1.165) is 0 Å². The SMILES string of the molecule is CC1CS(=O)(=O)CCN1C(=O)c1ccccc1S. The number of hydrogen-bond donors (Lipinski definition) is 1. The Hall–Kier alpha value is -1.01. The third-order valence-corrected chi connectivity index (χ3v) is 5.25. The van der Waals surface area contributed by atoms with Gasteiger partial charge in [-0.1, -0.05) is 12.1 Å². The maximum absolute atomic E-state index is 12.3. The highest BCUT2D eigenvalue weighted by Crippen LogP contribution is 2.19. The molecule has 1 atom stereocenters. The highest BCUT2D eigenvalue weighted by molar-refractivity contribution is 7.91. The first-order valence-corrected chi connectivity index (χ1v) is 7.97. The normalized spacial score (nSPS) is 22.8. The Kier molecular flexibility index (Phi) is 3.68. The minimum absolute atomic E-state index is 0.0352. The van der Waals surface area contributed by atoms with Crippen molar-refractivity contribution in [3.8, 4) is 0 Å². The first-order chi connectivity index (χ1) is 8.41. The third kappa shape index (κ3) is 2.70. The smallest absolute Gasteiger partial charge is 0.255 e. The number of thiol groups is 1. The lowest BCUT2D eigenvalue weighted by Crippen LogP contribution is -2.49. The van der Waals surface area contributed by atoms with Gasteiger partial charge in [-0.2, -0.15) is 0 Å². The van der Waals surface area contributed by atoms with E-state index in [0.29, 0.717) is 10.5 Å². The minimum atomic E-state index is -3.00. The van der Waals surface area contributed by atoms with E-state index in [1.807, 2.05) is 6.07 Å². The topological polar surface area (TPSA) is 54.5 Å². The summed E-state index contributed by atoms with van der Waals surface area (Å²) in [6, 6.07) is 6.76. The van der Waals surface area contributed by atoms with Crippen LogP contribution in [-0.4, -0.2) is 43.3 Å². The maximum atomic E-state index is 12.3. The number of rotatable bonds is 1. The fraction of sp³-hybridized carbons (Fsp3) is 0.417. The molecule has 2 rings (SSSR count). The molecule has 0 aliphatic carbocycles. The predicted octanol–water partition coefficient (Wildman–Crippen LogP) is 1.23. The summed E-state index contributed by atoms with van der Waals surface area (Å²) in [4.78, 5) is 14.5. The van der Waals surface area contributed by atoms with Crippen LogP contribution in [0.15, 0.2) is 29.2 Å². The van der Waals surface area contributed by atoms with Crippen molar-refractivity contribution >= 4 is 28.4 Å². The predicted molar refractivity (Wildman–Crippen MR) is 72.8 cm³/mol. The Morgan fingerprint density at radius 2 is 2.06 bits per heavy atom. The Balaban J connectivity index is 2.23. The molecule has 1 amide bonds. The zero-order valence-electron chi connectivity index (χ0n) is 10.0. The molecule has 0 N–H and O–H groups in total. The van der Waals surface area contributed by atoms with Crippen LogP contribution in [0.5, 0.6) is 0 Å². The number of carbonyl (C=O) groups is 1. The van der Waals surface area contributed by atoms with Crippen LogP contribution in [0.25, 0.3) is 0 Å². The second kappa shape index (κ2) is 4.93. The Morgan fingerprint density at radius 3 is 2.67 bits per heavy atom. The van der Waals surface area contributed by atoms with E-state index in [2.05, 4.69) is 12.6 Å². The molecule has 4 nitrogen and oxygen atoms in total. The summed E-state index contributed by atoms with van der Waals surface area (Å²) in [5.74, 6) is -0.0753. The molecule has 1 fully saturated rings. The number of nitrogens with zero attached hydrogens (tertiary/aromatic N) is 1. The number of amides is 1. The van der Waals surface area contributed by atoms with Crippen molar-refractivity contribution in [3.05, 3.63) is 29.8 Å². The molecule has 0 radical (unpaired) electrons. The van der Waals surface area contributed by atoms with E-state index < -0.39 is 9.84 Å². The van der Waals surface area contributed by atoms with Crippen molar-refractivity contribution in [2.75, 3.05) is 18.1 Å². The first-order valence-electron chi connectivity index (χ1n) is 5.70. The van der Waals surface area contributed by atoms with Gasteiger partial charge in [0.25, 0.3) is 5.91 Å². The number of hydrogen-bond acceptors (Lipinski definition) is 4. The van der Waals surface area contributed by atoms with Crippen LogP contribution in [0.2, 0.25) is 0 Å². The number of sulfone groups is 1. The lowest BCUT2D eigenvalue weighted by atomic mass is 10.1. The van der Waals surface area contributed by atoms with E-state index in [-0.39, 0.29) is 30.0 Å². The fourth-order valence-corrected chi connectivity index (χ4v) is 3.92. The minimum Gasteiger partial charge on any atom is -0.334 e. The summed E-state index contributed by atoms with van der Waals surface area (Å²) >= 11 is 4.25. The Labute approximate surface area is 112 Å². The van der Waals surface area contributed by atoms with Crippen LogP contribution >= 0.6 is 12.6 Å². The molecule has 0 spiro atoms. The van der Waals surface area contributed by atoms with Crippen LogP contribution in [0, 0.1) is 0 Å². The van der Waals surface area contributed by atoms with Crippen molar-refractivity contribution in [1.29, 1.82) is 0 Å². The van der Waals surface area contributed by atoms with Crippen LogP contribution in [-0.2, 0) is 9.84 Å². The molecule has 1 aromatic carbocycles. The van der Waals surface area contributed by atoms with E-state index in [9.17, 15) is 13.2 Å². The molecule has 1 aliphatic heterocycles. The average Bonchev–Trinajstić information content (AvgIpc) is 2.27. The van der Waals surface area contributed by atoms with E-state index in [1.165, 1.54) is 0 Å². The third-order valence-electron chi connectivity index (χ3n) is 3.07. The lowest BCUT2D eigenvalue weighted by molar-refractivity contribution is 0.0709. The maximum Gasteiger partial charge on any atom is 0.255 e. The number of benzene rings is 1. The largest absolute Gasteiger partial charge is 0.334 e. The molecule has 18 heavy (non-hydrogen) atoms. The molecule has 0 aromatic heterocycles. The molecule has 98 valence electrons. The van der Waals surface area contributed by atoms with Gasteiger partial charge in [-0.25, -0.2) is 8.42 Å². The van der Waals surface area contributed by atoms with Crippen molar-refractivity contribution in [2.24, 2.45) is 0 Å². The molecule has 1 aromatic rings. The van der Waals surface area contributed by atoms with E-state index in [1.54, 1.807) is 30.0 Å². The van der Waals surface area contributed by atoms with Crippen molar-refractivity contribution in [2.45, 2.75) is 17.9 Å². The Morgan fingerprint density at radius 1 is 1.39 bits per heavy atom. The monoisotopic (exact) mass is 285 g/mol. The van der Waals surface area contributed by atoms with Gasteiger partial charge in [-0.15, -0.1) is 12.6 Å². The summed E-state index contributed by atoms with van der Waals surface area (Å²) in [6.45, 7) is 2.01. The molecule has 1 heterocycles. The van der Waals surface area contributed by atoms with E-state index in [4.69, 9.17) is 0 Å². The molecule has 0 saturated carbocycles. The molecule has 6 heteroatoms. The summed E-state index contributed by atoms with van der Waals surface area (Å²) in [5.41, 5.74) is 0.520. The highest BCUT2D eigenvalue weighted by Gasteiger charge is 2.32. The van der Waals surface area contributed by atoms with Gasteiger partial charge in [-0.3, -0.25) is 4.79 Å². The zero-order chi connectivity index (χ0) is 13.3. The quantitative estimate of drug-likeness (QED) is 0.790. The van der Waals surface area contributed by atoms with Crippen LogP contribution in [0.4, 0.5) is 0 Å². The van der Waals surface area contributed by atoms with Gasteiger partial charge in [0, 0.05) is 17.5 Å². The van der Waals surface area contributed by atoms with Crippen molar-refractivity contribution in [1.82, 2.24) is 4.90 Å². The average molecular weight is 285 g/mol. The van der Waals surface area contributed by atoms with Crippen molar-refractivity contribution < 1.29 is 13.2 Å². The molecule has 1 saturated heterocycles. The van der Waals surface area contributed by atoms with Crippen LogP contribution in [0.1, 0.15) is 17.3 Å². The second-order valence-electron chi connectivity index (χ2n) is 4.48. The summed E-state index contributed by atoms with van der Waals surface area (Å²) in [6.07, 6.45) is 0. The zero-order valence-corrected chi connectivity index (χ0v) is 11.7. The lowest BCUT2D eigenvalue weighted by Gasteiger charge is -2.33. The number of carbonyl (C=O) groups excluding carboxylic acids is 1. The summed E-state index contributed by atoms with van der Waals surface area (Å²) in [7, 11) is -3.00. The standard InChI is InChI=1S/C12H15NO3S2/c1-9-8-18(15,16)7-6-13(9)12(14)10-4-2-3-5-11(10)17/h2-5,9,17H,6-8H2,1H3. The Bertz CT molecular complexity index is 568. The first kappa shape index (κ1) is 13.4. The van der Waals surface area contributed by atoms with Crippen LogP contribution < -0.4 is 0 Å². The highest BCUT2D eigenvalue weighted by atomic mass is 32.2. The van der Waals surface area contributed by atoms with Crippen molar-refractivity contribution in [3.63, 3.8) is 0 Å². The van der Waals surface area contributed by atoms with Gasteiger partial charge in [0.1, 0.15) is 0 Å². The summed E-state index contributed by atoms with van der Waals surface area (Å²) < 4.78 is 23.0. The molecule has 1 unspecified atom stereocenters. The second-order valence-corrected chi connectivity index (χ2v) is 7.19. The van der Waals surface area contributed by atoms with Crippen LogP contribution in [0.3, 0.4) is 0 Å². The van der Waals surface area contributed by atoms with Gasteiger partial charge < -0.3 is 4.90 Å².